The van der Waals surface area contributed by atoms with Gasteiger partial charge in [-0.3, -0.25) is 19.7 Å². The number of hydrogen-bond acceptors (Lipinski definition) is 6. The lowest BCUT2D eigenvalue weighted by Crippen LogP contribution is -2.34. The number of hydrogen-bond donors (Lipinski definition) is 3. The fourth-order valence-electron chi connectivity index (χ4n) is 4.08. The standard InChI is InChI=1S/C26H22ClF3N4O5/c1-14-5-7-16(12-21(14)33-24(35)18-3-2-4-20(27)23(18)34(37)38)32-25(36)19-11-15(26(28,29)30)6-8-17(19)22-13-31-9-10-39-22/h2-8,11-12,22,31H,9-10,13H2,1H3,(H,32,36)(H,33,35). The molecule has 3 N–H and O–H groups in total. The molecule has 13 heteroatoms. The summed E-state index contributed by atoms with van der Waals surface area (Å²) in [5.74, 6) is -1.62. The Labute approximate surface area is 225 Å². The van der Waals surface area contributed by atoms with Crippen LogP contribution in [0.1, 0.15) is 43.5 Å². The summed E-state index contributed by atoms with van der Waals surface area (Å²) in [6, 6.07) is 11.3. The number of anilines is 2. The minimum Gasteiger partial charge on any atom is -0.371 e. The third-order valence-electron chi connectivity index (χ3n) is 6.06. The molecule has 0 aromatic heterocycles. The minimum atomic E-state index is -4.66. The Bertz CT molecular complexity index is 1440. The van der Waals surface area contributed by atoms with Gasteiger partial charge in [0.1, 0.15) is 10.6 Å². The predicted octanol–water partition coefficient (Wildman–Crippen LogP) is 5.74. The molecule has 0 spiro atoms. The second-order valence-electron chi connectivity index (χ2n) is 8.69. The van der Waals surface area contributed by atoms with E-state index < -0.39 is 40.3 Å². The number of nitrogens with zero attached hydrogens (tertiary/aromatic N) is 1. The van der Waals surface area contributed by atoms with Crippen molar-refractivity contribution in [1.82, 2.24) is 5.32 Å². The Kier molecular flexibility index (Phi) is 8.19. The Hall–Kier alpha value is -4.00. The first-order valence-corrected chi connectivity index (χ1v) is 12.0. The lowest BCUT2D eigenvalue weighted by atomic mass is 9.97. The maximum atomic E-state index is 13.4. The predicted molar refractivity (Wildman–Crippen MR) is 138 cm³/mol. The van der Waals surface area contributed by atoms with Gasteiger partial charge in [-0.25, -0.2) is 0 Å². The zero-order valence-corrected chi connectivity index (χ0v) is 21.2. The van der Waals surface area contributed by atoms with Crippen LogP contribution in [0.4, 0.5) is 30.2 Å². The quantitative estimate of drug-likeness (QED) is 0.260. The maximum absolute atomic E-state index is 13.4. The van der Waals surface area contributed by atoms with E-state index in [1.54, 1.807) is 13.0 Å². The molecule has 1 unspecified atom stereocenters. The summed E-state index contributed by atoms with van der Waals surface area (Å²) in [4.78, 5) is 36.7. The van der Waals surface area contributed by atoms with E-state index in [1.165, 1.54) is 36.4 Å². The first-order chi connectivity index (χ1) is 18.5. The SMILES string of the molecule is Cc1ccc(NC(=O)c2cc(C(F)(F)F)ccc2C2CNCCO2)cc1NC(=O)c1cccc(Cl)c1[N+](=O)[O-]. The molecule has 39 heavy (non-hydrogen) atoms. The number of amides is 2. The average molecular weight is 563 g/mol. The van der Waals surface area contributed by atoms with Gasteiger partial charge in [-0.05, 0) is 54.4 Å². The normalized spacial score (nSPS) is 15.5. The van der Waals surface area contributed by atoms with E-state index in [4.69, 9.17) is 16.3 Å². The van der Waals surface area contributed by atoms with Crippen molar-refractivity contribution in [2.45, 2.75) is 19.2 Å². The number of aryl methyl sites for hydroxylation is 1. The van der Waals surface area contributed by atoms with Crippen LogP contribution in [0, 0.1) is 17.0 Å². The molecule has 4 rings (SSSR count). The molecule has 204 valence electrons. The van der Waals surface area contributed by atoms with Crippen LogP contribution in [0.15, 0.2) is 54.6 Å². The Morgan fingerprint density at radius 1 is 1.08 bits per heavy atom. The van der Waals surface area contributed by atoms with Crippen molar-refractivity contribution in [2.75, 3.05) is 30.3 Å². The van der Waals surface area contributed by atoms with Gasteiger partial charge in [0.15, 0.2) is 0 Å². The van der Waals surface area contributed by atoms with Crippen LogP contribution < -0.4 is 16.0 Å². The highest BCUT2D eigenvalue weighted by Gasteiger charge is 2.33. The molecule has 1 atom stereocenters. The van der Waals surface area contributed by atoms with Gasteiger partial charge in [0, 0.05) is 30.0 Å². The van der Waals surface area contributed by atoms with Gasteiger partial charge in [0.25, 0.3) is 11.8 Å². The second-order valence-corrected chi connectivity index (χ2v) is 9.10. The summed E-state index contributed by atoms with van der Waals surface area (Å²) in [6.07, 6.45) is -5.29. The number of halogens is 4. The van der Waals surface area contributed by atoms with Crippen LogP contribution in [-0.4, -0.2) is 36.4 Å². The number of morpholine rings is 1. The van der Waals surface area contributed by atoms with Crippen molar-refractivity contribution in [3.63, 3.8) is 0 Å². The smallest absolute Gasteiger partial charge is 0.371 e. The fraction of sp³-hybridized carbons (Fsp3) is 0.231. The van der Waals surface area contributed by atoms with Crippen LogP contribution in [0.25, 0.3) is 0 Å². The summed E-state index contributed by atoms with van der Waals surface area (Å²) >= 11 is 5.90. The van der Waals surface area contributed by atoms with Crippen molar-refractivity contribution in [2.24, 2.45) is 0 Å². The third kappa shape index (κ3) is 6.36. The molecule has 3 aromatic rings. The van der Waals surface area contributed by atoms with Crippen molar-refractivity contribution >= 4 is 40.5 Å². The van der Waals surface area contributed by atoms with Gasteiger partial charge < -0.3 is 20.7 Å². The third-order valence-corrected chi connectivity index (χ3v) is 6.36. The number of nitrogens with one attached hydrogen (secondary N) is 3. The Morgan fingerprint density at radius 2 is 1.82 bits per heavy atom. The van der Waals surface area contributed by atoms with Gasteiger partial charge in [-0.2, -0.15) is 13.2 Å². The van der Waals surface area contributed by atoms with Crippen LogP contribution in [0.5, 0.6) is 0 Å². The maximum Gasteiger partial charge on any atom is 0.416 e. The van der Waals surface area contributed by atoms with Gasteiger partial charge in [0.05, 0.1) is 23.2 Å². The highest BCUT2D eigenvalue weighted by atomic mass is 35.5. The number of para-hydroxylation sites is 1. The molecule has 1 aliphatic rings. The molecule has 0 aliphatic carbocycles. The Morgan fingerprint density at radius 3 is 2.49 bits per heavy atom. The summed E-state index contributed by atoms with van der Waals surface area (Å²) in [7, 11) is 0. The fourth-order valence-corrected chi connectivity index (χ4v) is 4.33. The van der Waals surface area contributed by atoms with E-state index in [1.807, 2.05) is 0 Å². The summed E-state index contributed by atoms with van der Waals surface area (Å²) < 4.78 is 45.9. The van der Waals surface area contributed by atoms with E-state index >= 15 is 0 Å². The summed E-state index contributed by atoms with van der Waals surface area (Å²) in [5, 5.41) is 19.4. The molecule has 1 fully saturated rings. The van der Waals surface area contributed by atoms with E-state index in [2.05, 4.69) is 16.0 Å². The molecular formula is C26H22ClF3N4O5. The molecule has 0 radical (unpaired) electrons. The molecule has 2 amide bonds. The van der Waals surface area contributed by atoms with Crippen LogP contribution in [-0.2, 0) is 10.9 Å². The molecule has 9 nitrogen and oxygen atoms in total. The van der Waals surface area contributed by atoms with Gasteiger partial charge in [0.2, 0.25) is 0 Å². The topological polar surface area (TPSA) is 123 Å². The molecule has 1 heterocycles. The van der Waals surface area contributed by atoms with Crippen LogP contribution in [0.2, 0.25) is 5.02 Å². The van der Waals surface area contributed by atoms with Crippen LogP contribution in [0.3, 0.4) is 0 Å². The van der Waals surface area contributed by atoms with E-state index in [0.717, 1.165) is 12.1 Å². The number of alkyl halides is 3. The number of carbonyl (C=O) groups is 2. The number of ether oxygens (including phenoxy) is 1. The number of benzene rings is 3. The van der Waals surface area contributed by atoms with Crippen molar-refractivity contribution in [1.29, 1.82) is 0 Å². The zero-order valence-electron chi connectivity index (χ0n) is 20.4. The molecule has 3 aromatic carbocycles. The van der Waals surface area contributed by atoms with Gasteiger partial charge in [-0.15, -0.1) is 0 Å². The number of rotatable bonds is 6. The monoisotopic (exact) mass is 562 g/mol. The first kappa shape index (κ1) is 28.0. The molecule has 0 saturated carbocycles. The zero-order chi connectivity index (χ0) is 28.3. The summed E-state index contributed by atoms with van der Waals surface area (Å²) in [5.41, 5.74) is -0.775. The number of nitro benzene ring substituents is 1. The molecule has 1 aliphatic heterocycles. The van der Waals surface area contributed by atoms with Crippen molar-refractivity contribution in [3.8, 4) is 0 Å². The molecule has 0 bridgehead atoms. The van der Waals surface area contributed by atoms with E-state index in [0.29, 0.717) is 30.8 Å². The number of carbonyl (C=O) groups excluding carboxylic acids is 2. The highest BCUT2D eigenvalue weighted by molar-refractivity contribution is 6.33. The Balaban J connectivity index is 1.62. The molecular weight excluding hydrogens is 541 g/mol. The highest BCUT2D eigenvalue weighted by Crippen LogP contribution is 2.34. The van der Waals surface area contributed by atoms with Crippen LogP contribution >= 0.6 is 11.6 Å². The average Bonchev–Trinajstić information content (AvgIpc) is 2.89. The second kappa shape index (κ2) is 11.4. The van der Waals surface area contributed by atoms with E-state index in [-0.39, 0.29) is 27.5 Å². The van der Waals surface area contributed by atoms with Gasteiger partial charge in [-0.1, -0.05) is 29.8 Å². The molecule has 1 saturated heterocycles. The first-order valence-electron chi connectivity index (χ1n) is 11.7. The van der Waals surface area contributed by atoms with Crippen molar-refractivity contribution < 1.29 is 32.4 Å². The van der Waals surface area contributed by atoms with Gasteiger partial charge >= 0.3 is 11.9 Å². The number of nitro groups is 1. The minimum absolute atomic E-state index is 0.174. The van der Waals surface area contributed by atoms with Crippen molar-refractivity contribution in [3.05, 3.63) is 97.6 Å². The van der Waals surface area contributed by atoms with E-state index in [9.17, 15) is 32.9 Å². The largest absolute Gasteiger partial charge is 0.416 e. The lowest BCUT2D eigenvalue weighted by Gasteiger charge is -2.26. The lowest BCUT2D eigenvalue weighted by molar-refractivity contribution is -0.385. The summed E-state index contributed by atoms with van der Waals surface area (Å²) in [6.45, 7) is 2.89.